The summed E-state index contributed by atoms with van der Waals surface area (Å²) in [7, 11) is 0. The third-order valence-corrected chi connectivity index (χ3v) is 1.80. The maximum absolute atomic E-state index is 10.9. The molecule has 66 valence electrons. The quantitative estimate of drug-likeness (QED) is 0.674. The van der Waals surface area contributed by atoms with Gasteiger partial charge in [-0.25, -0.2) is 0 Å². The number of aliphatic hydroxyl groups excluding tert-OH is 1. The standard InChI is InChI=1S/C7H14BrNO2/c1-2-6(5-10)9-7(11)3-4-8/h6,10H,2-5H2,1H3,(H,9,11)/t6-/m0/s1. The lowest BCUT2D eigenvalue weighted by Gasteiger charge is -2.12. The Morgan fingerprint density at radius 3 is 2.73 bits per heavy atom. The molecule has 0 aromatic heterocycles. The van der Waals surface area contributed by atoms with Crippen molar-refractivity contribution in [2.45, 2.75) is 25.8 Å². The Kier molecular flexibility index (Phi) is 6.56. The van der Waals surface area contributed by atoms with Crippen molar-refractivity contribution in [3.05, 3.63) is 0 Å². The normalized spacial score (nSPS) is 12.6. The maximum Gasteiger partial charge on any atom is 0.221 e. The number of nitrogens with one attached hydrogen (secondary N) is 1. The number of hydrogen-bond acceptors (Lipinski definition) is 2. The molecule has 0 saturated carbocycles. The average Bonchev–Trinajstić information content (AvgIpc) is 2.01. The van der Waals surface area contributed by atoms with E-state index in [1.165, 1.54) is 0 Å². The van der Waals surface area contributed by atoms with E-state index in [4.69, 9.17) is 5.11 Å². The molecule has 0 aliphatic heterocycles. The van der Waals surface area contributed by atoms with Crippen LogP contribution in [0.15, 0.2) is 0 Å². The van der Waals surface area contributed by atoms with Gasteiger partial charge in [-0.1, -0.05) is 22.9 Å². The van der Waals surface area contributed by atoms with E-state index in [0.29, 0.717) is 11.8 Å². The molecule has 0 radical (unpaired) electrons. The first-order valence-corrected chi connectivity index (χ1v) is 4.82. The molecule has 0 aliphatic carbocycles. The van der Waals surface area contributed by atoms with Gasteiger partial charge >= 0.3 is 0 Å². The highest BCUT2D eigenvalue weighted by Gasteiger charge is 2.07. The summed E-state index contributed by atoms with van der Waals surface area (Å²) in [6, 6.07) is -0.0819. The molecule has 3 nitrogen and oxygen atoms in total. The van der Waals surface area contributed by atoms with Crippen molar-refractivity contribution in [1.29, 1.82) is 0 Å². The van der Waals surface area contributed by atoms with Crippen LogP contribution in [0.4, 0.5) is 0 Å². The molecule has 0 fully saturated rings. The highest BCUT2D eigenvalue weighted by atomic mass is 79.9. The minimum atomic E-state index is -0.0819. The van der Waals surface area contributed by atoms with Crippen LogP contribution in [0.5, 0.6) is 0 Å². The molecule has 0 aromatic carbocycles. The van der Waals surface area contributed by atoms with E-state index >= 15 is 0 Å². The van der Waals surface area contributed by atoms with Crippen molar-refractivity contribution in [1.82, 2.24) is 5.32 Å². The van der Waals surface area contributed by atoms with Crippen LogP contribution in [0.25, 0.3) is 0 Å². The van der Waals surface area contributed by atoms with Crippen LogP contribution in [0, 0.1) is 0 Å². The number of carbonyl (C=O) groups is 1. The van der Waals surface area contributed by atoms with E-state index in [9.17, 15) is 4.79 Å². The molecule has 0 spiro atoms. The Morgan fingerprint density at radius 1 is 1.73 bits per heavy atom. The van der Waals surface area contributed by atoms with Gasteiger partial charge in [-0.15, -0.1) is 0 Å². The van der Waals surface area contributed by atoms with Crippen molar-refractivity contribution < 1.29 is 9.90 Å². The predicted octanol–water partition coefficient (Wildman–Crippen LogP) is 0.659. The van der Waals surface area contributed by atoms with Crippen LogP contribution < -0.4 is 5.32 Å². The lowest BCUT2D eigenvalue weighted by atomic mass is 10.2. The predicted molar refractivity (Wildman–Crippen MR) is 47.7 cm³/mol. The van der Waals surface area contributed by atoms with Crippen molar-refractivity contribution in [3.63, 3.8) is 0 Å². The smallest absolute Gasteiger partial charge is 0.221 e. The summed E-state index contributed by atoms with van der Waals surface area (Å²) < 4.78 is 0. The van der Waals surface area contributed by atoms with Gasteiger partial charge < -0.3 is 10.4 Å². The minimum absolute atomic E-state index is 0.0113. The fourth-order valence-corrected chi connectivity index (χ4v) is 1.02. The van der Waals surface area contributed by atoms with Gasteiger partial charge in [0.05, 0.1) is 12.6 Å². The highest BCUT2D eigenvalue weighted by molar-refractivity contribution is 9.09. The van der Waals surface area contributed by atoms with Crippen molar-refractivity contribution >= 4 is 21.8 Å². The molecule has 0 unspecified atom stereocenters. The molecule has 1 atom stereocenters. The molecule has 4 heteroatoms. The first-order chi connectivity index (χ1) is 5.24. The summed E-state index contributed by atoms with van der Waals surface area (Å²) in [5.41, 5.74) is 0. The molecular weight excluding hydrogens is 210 g/mol. The highest BCUT2D eigenvalue weighted by Crippen LogP contribution is 1.92. The van der Waals surface area contributed by atoms with E-state index in [1.807, 2.05) is 6.92 Å². The van der Waals surface area contributed by atoms with Crippen LogP contribution in [0.1, 0.15) is 19.8 Å². The zero-order chi connectivity index (χ0) is 8.69. The molecule has 0 aromatic rings. The lowest BCUT2D eigenvalue weighted by molar-refractivity contribution is -0.121. The van der Waals surface area contributed by atoms with Gasteiger partial charge in [-0.05, 0) is 6.42 Å². The summed E-state index contributed by atoms with van der Waals surface area (Å²) in [4.78, 5) is 10.9. The third kappa shape index (κ3) is 5.21. The van der Waals surface area contributed by atoms with E-state index in [2.05, 4.69) is 21.2 Å². The summed E-state index contributed by atoms with van der Waals surface area (Å²) in [5, 5.41) is 12.1. The molecule has 0 saturated heterocycles. The molecule has 0 bridgehead atoms. The van der Waals surface area contributed by atoms with Gasteiger partial charge in [0.1, 0.15) is 0 Å². The summed E-state index contributed by atoms with van der Waals surface area (Å²) in [6.45, 7) is 1.94. The molecule has 11 heavy (non-hydrogen) atoms. The fraction of sp³-hybridized carbons (Fsp3) is 0.857. The van der Waals surface area contributed by atoms with Crippen LogP contribution in [0.3, 0.4) is 0 Å². The zero-order valence-electron chi connectivity index (χ0n) is 6.64. The van der Waals surface area contributed by atoms with Crippen molar-refractivity contribution in [2.75, 3.05) is 11.9 Å². The largest absolute Gasteiger partial charge is 0.394 e. The molecule has 1 amide bonds. The third-order valence-electron chi connectivity index (χ3n) is 1.40. The van der Waals surface area contributed by atoms with Gasteiger partial charge in [0.25, 0.3) is 0 Å². The first kappa shape index (κ1) is 10.9. The van der Waals surface area contributed by atoms with Gasteiger partial charge in [0.15, 0.2) is 0 Å². The number of alkyl halides is 1. The van der Waals surface area contributed by atoms with Crippen LogP contribution in [-0.2, 0) is 4.79 Å². The number of carbonyl (C=O) groups excluding carboxylic acids is 1. The summed E-state index contributed by atoms with van der Waals surface area (Å²) in [5.74, 6) is -0.0113. The van der Waals surface area contributed by atoms with Gasteiger partial charge in [0.2, 0.25) is 5.91 Å². The second-order valence-corrected chi connectivity index (χ2v) is 3.09. The fourth-order valence-electron chi connectivity index (χ4n) is 0.662. The number of hydrogen-bond donors (Lipinski definition) is 2. The van der Waals surface area contributed by atoms with E-state index < -0.39 is 0 Å². The van der Waals surface area contributed by atoms with Crippen LogP contribution >= 0.6 is 15.9 Å². The van der Waals surface area contributed by atoms with E-state index in [-0.39, 0.29) is 18.6 Å². The molecule has 0 rings (SSSR count). The number of halogens is 1. The summed E-state index contributed by atoms with van der Waals surface area (Å²) >= 11 is 3.16. The van der Waals surface area contributed by atoms with Crippen LogP contribution in [0.2, 0.25) is 0 Å². The minimum Gasteiger partial charge on any atom is -0.394 e. The van der Waals surface area contributed by atoms with Gasteiger partial charge in [-0.2, -0.15) is 0 Å². The molecule has 0 aliphatic rings. The SMILES string of the molecule is CC[C@@H](CO)NC(=O)CCBr. The number of amides is 1. The second kappa shape index (κ2) is 6.61. The van der Waals surface area contributed by atoms with Gasteiger partial charge in [-0.3, -0.25) is 4.79 Å². The van der Waals surface area contributed by atoms with E-state index in [0.717, 1.165) is 6.42 Å². The molecule has 0 heterocycles. The van der Waals surface area contributed by atoms with Crippen molar-refractivity contribution in [3.8, 4) is 0 Å². The van der Waals surface area contributed by atoms with Gasteiger partial charge in [0, 0.05) is 11.8 Å². The van der Waals surface area contributed by atoms with E-state index in [1.54, 1.807) is 0 Å². The zero-order valence-corrected chi connectivity index (χ0v) is 8.23. The summed E-state index contributed by atoms with van der Waals surface area (Å²) in [6.07, 6.45) is 1.24. The lowest BCUT2D eigenvalue weighted by Crippen LogP contribution is -2.36. The monoisotopic (exact) mass is 223 g/mol. The Labute approximate surface area is 75.3 Å². The Balaban J connectivity index is 3.54. The second-order valence-electron chi connectivity index (χ2n) is 2.29. The molecular formula is C7H14BrNO2. The Hall–Kier alpha value is -0.0900. The Bertz CT molecular complexity index is 115. The molecule has 2 N–H and O–H groups in total. The maximum atomic E-state index is 10.9. The number of rotatable bonds is 5. The first-order valence-electron chi connectivity index (χ1n) is 3.70. The Morgan fingerprint density at radius 2 is 2.36 bits per heavy atom. The van der Waals surface area contributed by atoms with Crippen LogP contribution in [-0.4, -0.2) is 29.0 Å². The van der Waals surface area contributed by atoms with Crippen molar-refractivity contribution in [2.24, 2.45) is 0 Å². The topological polar surface area (TPSA) is 49.3 Å². The average molecular weight is 224 g/mol. The number of aliphatic hydroxyl groups is 1.